The average Bonchev–Trinajstić information content (AvgIpc) is 2.53. The van der Waals surface area contributed by atoms with Gasteiger partial charge in [-0.1, -0.05) is 19.3 Å². The van der Waals surface area contributed by atoms with E-state index in [1.807, 2.05) is 0 Å². The fraction of sp³-hybridized carbons (Fsp3) is 0.529. The molecule has 4 N–H and O–H groups in total. The number of amides is 2. The first-order valence-corrected chi connectivity index (χ1v) is 7.98. The largest absolute Gasteiger partial charge is 0.348 e. The van der Waals surface area contributed by atoms with Gasteiger partial charge in [-0.25, -0.2) is 0 Å². The molecule has 1 fully saturated rings. The molecule has 0 spiro atoms. The summed E-state index contributed by atoms with van der Waals surface area (Å²) in [5.74, 6) is 0.259. The molecule has 1 aromatic rings. The molecule has 2 rings (SSSR count). The molecule has 6 heteroatoms. The molecule has 0 saturated heterocycles. The van der Waals surface area contributed by atoms with Gasteiger partial charge in [-0.15, -0.1) is 12.4 Å². The summed E-state index contributed by atoms with van der Waals surface area (Å²) in [6.45, 7) is 1.93. The maximum Gasteiger partial charge on any atom is 0.251 e. The van der Waals surface area contributed by atoms with Crippen LogP contribution in [0.1, 0.15) is 49.4 Å². The molecule has 1 aliphatic rings. The van der Waals surface area contributed by atoms with E-state index in [-0.39, 0.29) is 30.3 Å². The second-order valence-electron chi connectivity index (χ2n) is 5.97. The smallest absolute Gasteiger partial charge is 0.251 e. The number of anilines is 1. The molecule has 1 atom stereocenters. The highest BCUT2D eigenvalue weighted by Crippen LogP contribution is 2.26. The minimum Gasteiger partial charge on any atom is -0.348 e. The summed E-state index contributed by atoms with van der Waals surface area (Å²) in [4.78, 5) is 23.3. The topological polar surface area (TPSA) is 84.2 Å². The minimum absolute atomic E-state index is 0. The second-order valence-corrected chi connectivity index (χ2v) is 5.97. The molecular weight excluding hydrogens is 314 g/mol. The number of benzene rings is 1. The van der Waals surface area contributed by atoms with Crippen LogP contribution in [0.3, 0.4) is 0 Å². The van der Waals surface area contributed by atoms with E-state index in [9.17, 15) is 9.59 Å². The van der Waals surface area contributed by atoms with E-state index < -0.39 is 0 Å². The van der Waals surface area contributed by atoms with Crippen molar-refractivity contribution >= 4 is 29.9 Å². The Kier molecular flexibility index (Phi) is 8.06. The molecule has 5 nitrogen and oxygen atoms in total. The molecule has 23 heavy (non-hydrogen) atoms. The summed E-state index contributed by atoms with van der Waals surface area (Å²) in [6, 6.07) is 6.94. The molecule has 1 saturated carbocycles. The van der Waals surface area contributed by atoms with Crippen LogP contribution in [0.5, 0.6) is 0 Å². The Morgan fingerprint density at radius 1 is 1.17 bits per heavy atom. The number of carbonyl (C=O) groups excluding carboxylic acids is 2. The van der Waals surface area contributed by atoms with Crippen LogP contribution in [-0.2, 0) is 4.79 Å². The van der Waals surface area contributed by atoms with Crippen LogP contribution in [0.2, 0.25) is 0 Å². The van der Waals surface area contributed by atoms with E-state index in [2.05, 4.69) is 10.6 Å². The monoisotopic (exact) mass is 339 g/mol. The average molecular weight is 340 g/mol. The predicted molar refractivity (Wildman–Crippen MR) is 94.9 cm³/mol. The number of carbonyl (C=O) groups is 2. The summed E-state index contributed by atoms with van der Waals surface area (Å²) in [5.41, 5.74) is 7.12. The Morgan fingerprint density at radius 2 is 1.78 bits per heavy atom. The third-order valence-electron chi connectivity index (χ3n) is 4.26. The highest BCUT2D eigenvalue weighted by Gasteiger charge is 2.24. The fourth-order valence-electron chi connectivity index (χ4n) is 3.07. The van der Waals surface area contributed by atoms with Crippen molar-refractivity contribution in [2.75, 3.05) is 11.9 Å². The van der Waals surface area contributed by atoms with Crippen molar-refractivity contribution in [1.82, 2.24) is 5.32 Å². The zero-order valence-electron chi connectivity index (χ0n) is 13.5. The summed E-state index contributed by atoms with van der Waals surface area (Å²) >= 11 is 0. The van der Waals surface area contributed by atoms with Crippen molar-refractivity contribution in [1.29, 1.82) is 0 Å². The van der Waals surface area contributed by atoms with Crippen LogP contribution < -0.4 is 16.4 Å². The van der Waals surface area contributed by atoms with Gasteiger partial charge in [0.1, 0.15) is 0 Å². The number of nitrogens with two attached hydrogens (primary N) is 1. The molecule has 1 unspecified atom stereocenters. The van der Waals surface area contributed by atoms with Gasteiger partial charge in [0.15, 0.2) is 0 Å². The zero-order valence-corrected chi connectivity index (χ0v) is 14.3. The van der Waals surface area contributed by atoms with Crippen molar-refractivity contribution in [3.63, 3.8) is 0 Å². The van der Waals surface area contributed by atoms with E-state index in [0.717, 1.165) is 12.8 Å². The highest BCUT2D eigenvalue weighted by molar-refractivity contribution is 5.95. The SMILES string of the molecule is CC(=O)Nc1ccc(C(=O)NC(CN)C2CCCCC2)cc1.Cl. The Morgan fingerprint density at radius 3 is 2.30 bits per heavy atom. The van der Waals surface area contributed by atoms with Crippen LogP contribution in [0.15, 0.2) is 24.3 Å². The first-order valence-electron chi connectivity index (χ1n) is 7.98. The number of hydrogen-bond donors (Lipinski definition) is 3. The van der Waals surface area contributed by atoms with Gasteiger partial charge < -0.3 is 16.4 Å². The minimum atomic E-state index is -0.127. The van der Waals surface area contributed by atoms with E-state index in [1.165, 1.54) is 26.2 Å². The van der Waals surface area contributed by atoms with Gasteiger partial charge in [0.2, 0.25) is 5.91 Å². The van der Waals surface area contributed by atoms with Crippen molar-refractivity contribution in [2.24, 2.45) is 11.7 Å². The van der Waals surface area contributed by atoms with E-state index in [0.29, 0.717) is 23.7 Å². The predicted octanol–water partition coefficient (Wildman–Crippen LogP) is 2.70. The second kappa shape index (κ2) is 9.53. The standard InChI is InChI=1S/C17H25N3O2.ClH/c1-12(21)19-15-9-7-14(8-10-15)17(22)20-16(11-18)13-5-3-2-4-6-13;/h7-10,13,16H,2-6,11,18H2,1H3,(H,19,21)(H,20,22);1H. The third kappa shape index (κ3) is 5.84. The highest BCUT2D eigenvalue weighted by atomic mass is 35.5. The van der Waals surface area contributed by atoms with Crippen LogP contribution in [-0.4, -0.2) is 24.4 Å². The van der Waals surface area contributed by atoms with Crippen LogP contribution >= 0.6 is 12.4 Å². The molecule has 2 amide bonds. The lowest BCUT2D eigenvalue weighted by atomic mass is 9.84. The lowest BCUT2D eigenvalue weighted by molar-refractivity contribution is -0.114. The van der Waals surface area contributed by atoms with E-state index in [4.69, 9.17) is 5.73 Å². The third-order valence-corrected chi connectivity index (χ3v) is 4.26. The zero-order chi connectivity index (χ0) is 15.9. The molecule has 0 aromatic heterocycles. The Balaban J connectivity index is 0.00000264. The van der Waals surface area contributed by atoms with Gasteiger partial charge in [-0.05, 0) is 43.0 Å². The Bertz CT molecular complexity index is 513. The summed E-state index contributed by atoms with van der Waals surface area (Å²) in [5, 5.41) is 5.75. The summed E-state index contributed by atoms with van der Waals surface area (Å²) in [6.07, 6.45) is 6.02. The van der Waals surface area contributed by atoms with Gasteiger partial charge in [-0.3, -0.25) is 9.59 Å². The number of halogens is 1. The molecule has 0 bridgehead atoms. The Hall–Kier alpha value is -1.59. The van der Waals surface area contributed by atoms with Crippen molar-refractivity contribution in [2.45, 2.75) is 45.1 Å². The Labute approximate surface area is 143 Å². The van der Waals surface area contributed by atoms with Crippen molar-refractivity contribution < 1.29 is 9.59 Å². The van der Waals surface area contributed by atoms with E-state index in [1.54, 1.807) is 24.3 Å². The summed E-state index contributed by atoms with van der Waals surface area (Å²) < 4.78 is 0. The van der Waals surface area contributed by atoms with Gasteiger partial charge in [-0.2, -0.15) is 0 Å². The lowest BCUT2D eigenvalue weighted by Crippen LogP contribution is -2.45. The molecule has 1 aromatic carbocycles. The first kappa shape index (κ1) is 19.5. The van der Waals surface area contributed by atoms with Gasteiger partial charge in [0.25, 0.3) is 5.91 Å². The quantitative estimate of drug-likeness (QED) is 0.771. The molecule has 0 radical (unpaired) electrons. The van der Waals surface area contributed by atoms with Gasteiger partial charge >= 0.3 is 0 Å². The molecule has 1 aliphatic carbocycles. The van der Waals surface area contributed by atoms with Crippen molar-refractivity contribution in [3.05, 3.63) is 29.8 Å². The molecular formula is C17H26ClN3O2. The van der Waals surface area contributed by atoms with Gasteiger partial charge in [0.05, 0.1) is 0 Å². The molecule has 0 heterocycles. The van der Waals surface area contributed by atoms with E-state index >= 15 is 0 Å². The van der Waals surface area contributed by atoms with Crippen LogP contribution in [0, 0.1) is 5.92 Å². The summed E-state index contributed by atoms with van der Waals surface area (Å²) in [7, 11) is 0. The first-order chi connectivity index (χ1) is 10.6. The lowest BCUT2D eigenvalue weighted by Gasteiger charge is -2.30. The molecule has 128 valence electrons. The number of hydrogen-bond acceptors (Lipinski definition) is 3. The number of rotatable bonds is 5. The maximum absolute atomic E-state index is 12.3. The van der Waals surface area contributed by atoms with Crippen LogP contribution in [0.4, 0.5) is 5.69 Å². The van der Waals surface area contributed by atoms with Gasteiger partial charge in [0, 0.05) is 30.8 Å². The van der Waals surface area contributed by atoms with Crippen LogP contribution in [0.25, 0.3) is 0 Å². The fourth-order valence-corrected chi connectivity index (χ4v) is 3.07. The van der Waals surface area contributed by atoms with Crippen molar-refractivity contribution in [3.8, 4) is 0 Å². The molecule has 0 aliphatic heterocycles. The maximum atomic E-state index is 12.3. The normalized spacial score (nSPS) is 16.1. The number of nitrogens with one attached hydrogen (secondary N) is 2.